The van der Waals surface area contributed by atoms with E-state index in [-0.39, 0.29) is 12.1 Å². The van der Waals surface area contributed by atoms with Crippen molar-refractivity contribution in [3.63, 3.8) is 0 Å². The molecule has 1 aromatic rings. The van der Waals surface area contributed by atoms with Crippen molar-refractivity contribution < 1.29 is 9.53 Å². The molecule has 2 heteroatoms. The summed E-state index contributed by atoms with van der Waals surface area (Å²) < 4.78 is 5.10. The Morgan fingerprint density at radius 3 is 2.80 bits per heavy atom. The quantitative estimate of drug-likeness (QED) is 0.686. The van der Waals surface area contributed by atoms with E-state index in [2.05, 4.69) is 0 Å². The monoisotopic (exact) mass is 200 g/mol. The molecule has 0 spiro atoms. The molecule has 1 heterocycles. The highest BCUT2D eigenvalue weighted by Crippen LogP contribution is 2.11. The predicted molar refractivity (Wildman–Crippen MR) is 59.1 cm³/mol. The highest BCUT2D eigenvalue weighted by atomic mass is 16.5. The number of rotatable bonds is 2. The van der Waals surface area contributed by atoms with Crippen LogP contribution in [0.4, 0.5) is 0 Å². The number of ether oxygens (including phenoxy) is 1. The van der Waals surface area contributed by atoms with Crippen LogP contribution < -0.4 is 0 Å². The van der Waals surface area contributed by atoms with Gasteiger partial charge in [0.1, 0.15) is 6.10 Å². The van der Waals surface area contributed by atoms with E-state index >= 15 is 0 Å². The summed E-state index contributed by atoms with van der Waals surface area (Å²) in [5.74, 6) is -0.260. The van der Waals surface area contributed by atoms with Crippen molar-refractivity contribution in [3.05, 3.63) is 54.1 Å². The van der Waals surface area contributed by atoms with Gasteiger partial charge in [-0.2, -0.15) is 0 Å². The Bertz CT molecular complexity index is 390. The minimum absolute atomic E-state index is 0.122. The summed E-state index contributed by atoms with van der Waals surface area (Å²) in [4.78, 5) is 10.9. The number of cyclic esters (lactones) is 1. The average molecular weight is 200 g/mol. The first kappa shape index (κ1) is 9.71. The van der Waals surface area contributed by atoms with Crippen LogP contribution in [0.5, 0.6) is 0 Å². The van der Waals surface area contributed by atoms with Crippen molar-refractivity contribution >= 4 is 12.0 Å². The first-order valence-corrected chi connectivity index (χ1v) is 4.95. The minimum atomic E-state index is -0.260. The first-order valence-electron chi connectivity index (χ1n) is 4.95. The van der Waals surface area contributed by atoms with Crippen LogP contribution in [0.15, 0.2) is 48.6 Å². The molecule has 0 amide bonds. The molecule has 0 unspecified atom stereocenters. The maximum Gasteiger partial charge on any atom is 0.331 e. The third kappa shape index (κ3) is 2.81. The second-order valence-corrected chi connectivity index (χ2v) is 3.38. The second kappa shape index (κ2) is 4.60. The summed E-state index contributed by atoms with van der Waals surface area (Å²) in [6, 6.07) is 9.95. The molecule has 2 nitrogen and oxygen atoms in total. The average Bonchev–Trinajstić information content (AvgIpc) is 2.28. The van der Waals surface area contributed by atoms with Crippen LogP contribution in [0.3, 0.4) is 0 Å². The van der Waals surface area contributed by atoms with Gasteiger partial charge in [0.25, 0.3) is 0 Å². The van der Waals surface area contributed by atoms with E-state index in [1.165, 1.54) is 6.08 Å². The molecule has 0 aromatic heterocycles. The molecule has 1 aliphatic rings. The summed E-state index contributed by atoms with van der Waals surface area (Å²) in [6.07, 6.45) is 7.82. The topological polar surface area (TPSA) is 26.3 Å². The molecule has 2 rings (SSSR count). The molecule has 1 atom stereocenters. The van der Waals surface area contributed by atoms with Crippen molar-refractivity contribution in [1.82, 2.24) is 0 Å². The Balaban J connectivity index is 2.00. The zero-order valence-electron chi connectivity index (χ0n) is 8.30. The third-order valence-electron chi connectivity index (χ3n) is 2.19. The molecule has 0 saturated heterocycles. The lowest BCUT2D eigenvalue weighted by molar-refractivity contribution is -0.141. The lowest BCUT2D eigenvalue weighted by Crippen LogP contribution is -2.17. The van der Waals surface area contributed by atoms with E-state index in [9.17, 15) is 4.79 Å². The number of benzene rings is 1. The van der Waals surface area contributed by atoms with Gasteiger partial charge < -0.3 is 4.74 Å². The molecule has 0 fully saturated rings. The number of esters is 1. The van der Waals surface area contributed by atoms with Gasteiger partial charge in [0, 0.05) is 12.5 Å². The van der Waals surface area contributed by atoms with E-state index in [0.717, 1.165) is 12.0 Å². The molecule has 0 bridgehead atoms. The van der Waals surface area contributed by atoms with E-state index in [0.29, 0.717) is 0 Å². The van der Waals surface area contributed by atoms with Gasteiger partial charge in [-0.25, -0.2) is 4.79 Å². The van der Waals surface area contributed by atoms with Crippen LogP contribution >= 0.6 is 0 Å². The molecular weight excluding hydrogens is 188 g/mol. The van der Waals surface area contributed by atoms with E-state index in [1.54, 1.807) is 0 Å². The molecule has 76 valence electrons. The van der Waals surface area contributed by atoms with Crippen molar-refractivity contribution in [2.75, 3.05) is 0 Å². The molecule has 0 saturated carbocycles. The van der Waals surface area contributed by atoms with Gasteiger partial charge in [-0.05, 0) is 11.6 Å². The molecule has 1 aliphatic heterocycles. The first-order chi connectivity index (χ1) is 7.34. The number of hydrogen-bond acceptors (Lipinski definition) is 2. The van der Waals surface area contributed by atoms with E-state index in [1.807, 2.05) is 48.6 Å². The zero-order chi connectivity index (χ0) is 10.5. The second-order valence-electron chi connectivity index (χ2n) is 3.38. The zero-order valence-corrected chi connectivity index (χ0v) is 8.30. The van der Waals surface area contributed by atoms with Crippen LogP contribution in [0.2, 0.25) is 0 Å². The highest BCUT2D eigenvalue weighted by Gasteiger charge is 2.11. The lowest BCUT2D eigenvalue weighted by atomic mass is 10.1. The fourth-order valence-electron chi connectivity index (χ4n) is 1.44. The van der Waals surface area contributed by atoms with Crippen LogP contribution in [0.25, 0.3) is 6.08 Å². The third-order valence-corrected chi connectivity index (χ3v) is 2.19. The fraction of sp³-hybridized carbons (Fsp3) is 0.154. The van der Waals surface area contributed by atoms with Crippen LogP contribution in [-0.4, -0.2) is 12.1 Å². The molecular formula is C13H12O2. The van der Waals surface area contributed by atoms with Gasteiger partial charge in [-0.1, -0.05) is 42.5 Å². The molecule has 0 radical (unpaired) electrons. The Hall–Kier alpha value is -1.83. The Labute approximate surface area is 88.9 Å². The Morgan fingerprint density at radius 2 is 2.07 bits per heavy atom. The number of carbonyl (C=O) groups excluding carboxylic acids is 1. The van der Waals surface area contributed by atoms with Crippen LogP contribution in [0.1, 0.15) is 12.0 Å². The smallest absolute Gasteiger partial charge is 0.331 e. The van der Waals surface area contributed by atoms with Gasteiger partial charge in [-0.15, -0.1) is 0 Å². The summed E-state index contributed by atoms with van der Waals surface area (Å²) in [6.45, 7) is 0. The minimum Gasteiger partial charge on any atom is -0.455 e. The Morgan fingerprint density at radius 1 is 1.27 bits per heavy atom. The largest absolute Gasteiger partial charge is 0.455 e. The van der Waals surface area contributed by atoms with Gasteiger partial charge in [-0.3, -0.25) is 0 Å². The molecule has 0 N–H and O–H groups in total. The predicted octanol–water partition coefficient (Wildman–Crippen LogP) is 2.57. The normalized spacial score (nSPS) is 20.5. The molecule has 1 aromatic carbocycles. The van der Waals surface area contributed by atoms with E-state index < -0.39 is 0 Å². The highest BCUT2D eigenvalue weighted by molar-refractivity contribution is 5.83. The van der Waals surface area contributed by atoms with Crippen molar-refractivity contribution in [2.45, 2.75) is 12.5 Å². The maximum atomic E-state index is 10.9. The SMILES string of the molecule is O=C1C=CC[C@H](C=Cc2ccccc2)O1. The maximum absolute atomic E-state index is 10.9. The molecule has 0 aliphatic carbocycles. The van der Waals surface area contributed by atoms with Gasteiger partial charge >= 0.3 is 5.97 Å². The van der Waals surface area contributed by atoms with Gasteiger partial charge in [0.2, 0.25) is 0 Å². The fourth-order valence-corrected chi connectivity index (χ4v) is 1.44. The van der Waals surface area contributed by atoms with Crippen LogP contribution in [0, 0.1) is 0 Å². The van der Waals surface area contributed by atoms with Gasteiger partial charge in [0.15, 0.2) is 0 Å². The Kier molecular flexibility index (Phi) is 2.98. The van der Waals surface area contributed by atoms with Crippen molar-refractivity contribution in [1.29, 1.82) is 0 Å². The summed E-state index contributed by atoms with van der Waals surface area (Å²) in [7, 11) is 0. The van der Waals surface area contributed by atoms with Crippen molar-refractivity contribution in [2.24, 2.45) is 0 Å². The molecule has 15 heavy (non-hydrogen) atoms. The summed E-state index contributed by atoms with van der Waals surface area (Å²) in [5.41, 5.74) is 1.11. The van der Waals surface area contributed by atoms with Crippen LogP contribution in [-0.2, 0) is 9.53 Å². The number of carbonyl (C=O) groups is 1. The lowest BCUT2D eigenvalue weighted by Gasteiger charge is -2.14. The van der Waals surface area contributed by atoms with E-state index in [4.69, 9.17) is 4.74 Å². The summed E-state index contributed by atoms with van der Waals surface area (Å²) in [5, 5.41) is 0. The summed E-state index contributed by atoms with van der Waals surface area (Å²) >= 11 is 0. The number of hydrogen-bond donors (Lipinski definition) is 0. The standard InChI is InChI=1S/C13H12O2/c14-13-8-4-7-12(15-13)10-9-11-5-2-1-3-6-11/h1-6,8-10,12H,7H2/t12-/m1/s1. The van der Waals surface area contributed by atoms with Gasteiger partial charge in [0.05, 0.1) is 0 Å². The van der Waals surface area contributed by atoms with Crippen molar-refractivity contribution in [3.8, 4) is 0 Å².